The quantitative estimate of drug-likeness (QED) is 0.875. The normalized spacial score (nSPS) is 20.6. The molecule has 0 aromatic carbocycles. The summed E-state index contributed by atoms with van der Waals surface area (Å²) in [5, 5.41) is 7.43. The van der Waals surface area contributed by atoms with Gasteiger partial charge in [-0.2, -0.15) is 5.10 Å². The number of nitrogens with zero attached hydrogens (tertiary/aromatic N) is 3. The van der Waals surface area contributed by atoms with Gasteiger partial charge in [0.15, 0.2) is 5.65 Å². The van der Waals surface area contributed by atoms with Crippen molar-refractivity contribution in [3.63, 3.8) is 0 Å². The van der Waals surface area contributed by atoms with Crippen LogP contribution >= 0.6 is 0 Å². The van der Waals surface area contributed by atoms with Crippen molar-refractivity contribution >= 4 is 11.5 Å². The van der Waals surface area contributed by atoms with Crippen molar-refractivity contribution in [3.05, 3.63) is 24.5 Å². The van der Waals surface area contributed by atoms with E-state index in [1.807, 2.05) is 18.3 Å². The summed E-state index contributed by atoms with van der Waals surface area (Å²) in [6, 6.07) is 3.82. The molecule has 3 heterocycles. The van der Waals surface area contributed by atoms with E-state index < -0.39 is 0 Å². The second kappa shape index (κ2) is 4.71. The first kappa shape index (κ1) is 10.5. The summed E-state index contributed by atoms with van der Waals surface area (Å²) in [6.45, 7) is 1.72. The summed E-state index contributed by atoms with van der Waals surface area (Å²) in [4.78, 5) is 4.45. The van der Waals surface area contributed by atoms with E-state index in [4.69, 9.17) is 4.74 Å². The molecular formula is C12H16N4O. The van der Waals surface area contributed by atoms with Crippen molar-refractivity contribution in [2.45, 2.75) is 25.4 Å². The third-order valence-electron chi connectivity index (χ3n) is 3.04. The fourth-order valence-corrected chi connectivity index (χ4v) is 2.10. The molecule has 0 radical (unpaired) electrons. The average molecular weight is 232 g/mol. The van der Waals surface area contributed by atoms with Crippen molar-refractivity contribution in [2.75, 3.05) is 18.5 Å². The van der Waals surface area contributed by atoms with Gasteiger partial charge in [-0.3, -0.25) is 0 Å². The smallest absolute Gasteiger partial charge is 0.157 e. The molecule has 1 saturated heterocycles. The minimum atomic E-state index is 0.326. The van der Waals surface area contributed by atoms with Crippen LogP contribution in [0.1, 0.15) is 19.3 Å². The zero-order valence-corrected chi connectivity index (χ0v) is 9.67. The Balaban J connectivity index is 1.63. The molecule has 2 aromatic rings. The lowest BCUT2D eigenvalue weighted by Crippen LogP contribution is -2.27. The van der Waals surface area contributed by atoms with E-state index in [1.54, 1.807) is 10.7 Å². The van der Waals surface area contributed by atoms with Crippen LogP contribution in [0.4, 0.5) is 5.82 Å². The van der Waals surface area contributed by atoms with Gasteiger partial charge in [-0.25, -0.2) is 9.50 Å². The molecule has 3 rings (SSSR count). The summed E-state index contributed by atoms with van der Waals surface area (Å²) >= 11 is 0. The van der Waals surface area contributed by atoms with Gasteiger partial charge in [-0.15, -0.1) is 0 Å². The van der Waals surface area contributed by atoms with Crippen molar-refractivity contribution in [1.29, 1.82) is 0 Å². The Morgan fingerprint density at radius 1 is 1.41 bits per heavy atom. The van der Waals surface area contributed by atoms with Gasteiger partial charge in [0.25, 0.3) is 0 Å². The molecule has 17 heavy (non-hydrogen) atoms. The van der Waals surface area contributed by atoms with Crippen LogP contribution < -0.4 is 5.32 Å². The lowest BCUT2D eigenvalue weighted by Gasteiger charge is -2.22. The number of nitrogens with one attached hydrogen (secondary N) is 1. The zero-order valence-electron chi connectivity index (χ0n) is 9.67. The van der Waals surface area contributed by atoms with Gasteiger partial charge in [-0.05, 0) is 25.3 Å². The van der Waals surface area contributed by atoms with Crippen molar-refractivity contribution in [2.24, 2.45) is 0 Å². The van der Waals surface area contributed by atoms with Crippen LogP contribution in [0.2, 0.25) is 0 Å². The van der Waals surface area contributed by atoms with Gasteiger partial charge in [0.05, 0.1) is 12.3 Å². The molecule has 0 amide bonds. The molecule has 1 aliphatic rings. The maximum Gasteiger partial charge on any atom is 0.157 e. The fourth-order valence-electron chi connectivity index (χ4n) is 2.10. The molecule has 0 bridgehead atoms. The number of anilines is 1. The molecule has 90 valence electrons. The first-order valence-corrected chi connectivity index (χ1v) is 6.08. The highest BCUT2D eigenvalue weighted by atomic mass is 16.5. The molecule has 5 nitrogen and oxygen atoms in total. The summed E-state index contributed by atoms with van der Waals surface area (Å²) < 4.78 is 7.42. The predicted molar refractivity (Wildman–Crippen MR) is 65.1 cm³/mol. The van der Waals surface area contributed by atoms with E-state index in [1.165, 1.54) is 12.8 Å². The topological polar surface area (TPSA) is 51.5 Å². The monoisotopic (exact) mass is 232 g/mol. The van der Waals surface area contributed by atoms with Crippen molar-refractivity contribution in [1.82, 2.24) is 14.6 Å². The second-order valence-corrected chi connectivity index (χ2v) is 4.32. The number of hydrogen-bond acceptors (Lipinski definition) is 4. The van der Waals surface area contributed by atoms with Gasteiger partial charge in [0.1, 0.15) is 5.82 Å². The van der Waals surface area contributed by atoms with Gasteiger partial charge in [0.2, 0.25) is 0 Å². The molecule has 0 saturated carbocycles. The minimum Gasteiger partial charge on any atom is -0.376 e. The lowest BCUT2D eigenvalue weighted by molar-refractivity contribution is 0.0247. The van der Waals surface area contributed by atoms with Crippen LogP contribution in [0, 0.1) is 0 Å². The van der Waals surface area contributed by atoms with E-state index in [9.17, 15) is 0 Å². The Hall–Kier alpha value is -1.62. The molecule has 1 fully saturated rings. The van der Waals surface area contributed by atoms with Crippen LogP contribution in [0.5, 0.6) is 0 Å². The van der Waals surface area contributed by atoms with Crippen molar-refractivity contribution < 1.29 is 4.74 Å². The number of ether oxygens (including phenoxy) is 1. The molecule has 1 unspecified atom stereocenters. The zero-order chi connectivity index (χ0) is 11.5. The number of fused-ring (bicyclic) bond motifs is 1. The molecule has 2 aromatic heterocycles. The Morgan fingerprint density at radius 2 is 2.41 bits per heavy atom. The summed E-state index contributed by atoms with van der Waals surface area (Å²) in [5.74, 6) is 0.882. The lowest BCUT2D eigenvalue weighted by atomic mass is 10.1. The van der Waals surface area contributed by atoms with Gasteiger partial charge in [-0.1, -0.05) is 0 Å². The highest BCUT2D eigenvalue weighted by molar-refractivity contribution is 5.45. The van der Waals surface area contributed by atoms with Gasteiger partial charge < -0.3 is 10.1 Å². The van der Waals surface area contributed by atoms with E-state index in [0.717, 1.165) is 31.0 Å². The highest BCUT2D eigenvalue weighted by Crippen LogP contribution is 2.13. The largest absolute Gasteiger partial charge is 0.376 e. The van der Waals surface area contributed by atoms with Crippen LogP contribution in [0.3, 0.4) is 0 Å². The standard InChI is InChI=1S/C12H16N4O/c1-2-8-17-10(3-1)9-13-11-5-7-16-12(15-11)4-6-14-16/h4-7,10H,1-3,8-9H2,(H,13,15). The maximum absolute atomic E-state index is 5.66. The fraction of sp³-hybridized carbons (Fsp3) is 0.500. The molecule has 0 aliphatic carbocycles. The van der Waals surface area contributed by atoms with Crippen LogP contribution in [0.25, 0.3) is 5.65 Å². The molecule has 1 atom stereocenters. The van der Waals surface area contributed by atoms with Crippen LogP contribution in [-0.2, 0) is 4.74 Å². The van der Waals surface area contributed by atoms with Crippen molar-refractivity contribution in [3.8, 4) is 0 Å². The van der Waals surface area contributed by atoms with E-state index in [2.05, 4.69) is 15.4 Å². The number of aromatic nitrogens is 3. The Bertz CT molecular complexity index is 490. The second-order valence-electron chi connectivity index (χ2n) is 4.32. The predicted octanol–water partition coefficient (Wildman–Crippen LogP) is 1.71. The molecular weight excluding hydrogens is 216 g/mol. The SMILES string of the molecule is c1cc2nc(NCC3CCCCO3)ccn2n1. The van der Waals surface area contributed by atoms with E-state index >= 15 is 0 Å². The van der Waals surface area contributed by atoms with E-state index in [-0.39, 0.29) is 0 Å². The Kier molecular flexibility index (Phi) is 2.92. The third-order valence-corrected chi connectivity index (χ3v) is 3.04. The Morgan fingerprint density at radius 3 is 3.29 bits per heavy atom. The maximum atomic E-state index is 5.66. The average Bonchev–Trinajstić information content (AvgIpc) is 2.85. The van der Waals surface area contributed by atoms with Gasteiger partial charge in [0, 0.05) is 25.4 Å². The first-order chi connectivity index (χ1) is 8.42. The highest BCUT2D eigenvalue weighted by Gasteiger charge is 2.13. The molecule has 1 N–H and O–H groups in total. The van der Waals surface area contributed by atoms with Gasteiger partial charge >= 0.3 is 0 Å². The molecule has 5 heteroatoms. The van der Waals surface area contributed by atoms with E-state index in [0.29, 0.717) is 6.10 Å². The molecule has 0 spiro atoms. The van der Waals surface area contributed by atoms with Crippen LogP contribution in [-0.4, -0.2) is 33.9 Å². The summed E-state index contributed by atoms with van der Waals surface area (Å²) in [5.41, 5.74) is 0.861. The molecule has 1 aliphatic heterocycles. The number of rotatable bonds is 3. The Labute approximate surface area is 99.8 Å². The summed E-state index contributed by atoms with van der Waals surface area (Å²) in [7, 11) is 0. The summed E-state index contributed by atoms with van der Waals surface area (Å²) in [6.07, 6.45) is 7.58. The third kappa shape index (κ3) is 2.39. The first-order valence-electron chi connectivity index (χ1n) is 6.08. The minimum absolute atomic E-state index is 0.326. The number of hydrogen-bond donors (Lipinski definition) is 1. The van der Waals surface area contributed by atoms with Crippen LogP contribution in [0.15, 0.2) is 24.5 Å².